The van der Waals surface area contributed by atoms with Gasteiger partial charge in [0.15, 0.2) is 0 Å². The SMILES string of the molecule is CC(C)CCN1CCC[C@H](CN(CCO)C(=O)c2ccccc2)CC1. The van der Waals surface area contributed by atoms with Gasteiger partial charge >= 0.3 is 0 Å². The summed E-state index contributed by atoms with van der Waals surface area (Å²) in [6.07, 6.45) is 4.77. The number of rotatable bonds is 8. The van der Waals surface area contributed by atoms with Crippen molar-refractivity contribution in [3.05, 3.63) is 35.9 Å². The minimum Gasteiger partial charge on any atom is -0.395 e. The minimum absolute atomic E-state index is 0.0196. The first-order valence-electron chi connectivity index (χ1n) is 9.77. The second-order valence-corrected chi connectivity index (χ2v) is 7.66. The molecule has 2 rings (SSSR count). The molecule has 1 aromatic carbocycles. The Morgan fingerprint density at radius 3 is 2.68 bits per heavy atom. The molecule has 4 heteroatoms. The molecule has 1 N–H and O–H groups in total. The highest BCUT2D eigenvalue weighted by Crippen LogP contribution is 2.20. The fourth-order valence-corrected chi connectivity index (χ4v) is 3.54. The molecule has 0 bridgehead atoms. The first-order chi connectivity index (χ1) is 12.1. The van der Waals surface area contributed by atoms with Crippen molar-refractivity contribution < 1.29 is 9.90 Å². The number of likely N-dealkylation sites (tertiary alicyclic amines) is 1. The largest absolute Gasteiger partial charge is 0.395 e. The van der Waals surface area contributed by atoms with E-state index in [0.29, 0.717) is 18.0 Å². The van der Waals surface area contributed by atoms with Crippen LogP contribution in [0.3, 0.4) is 0 Å². The van der Waals surface area contributed by atoms with Crippen LogP contribution >= 0.6 is 0 Å². The van der Waals surface area contributed by atoms with E-state index in [1.807, 2.05) is 35.2 Å². The second kappa shape index (κ2) is 10.6. The zero-order chi connectivity index (χ0) is 18.1. The van der Waals surface area contributed by atoms with Crippen LogP contribution in [0, 0.1) is 11.8 Å². The molecule has 1 aliphatic rings. The lowest BCUT2D eigenvalue weighted by Gasteiger charge is -2.27. The topological polar surface area (TPSA) is 43.8 Å². The Morgan fingerprint density at radius 2 is 2.00 bits per heavy atom. The number of carbonyl (C=O) groups is 1. The molecule has 1 heterocycles. The Bertz CT molecular complexity index is 504. The highest BCUT2D eigenvalue weighted by atomic mass is 16.3. The standard InChI is InChI=1S/C21H34N2O2/c1-18(2)10-13-22-12-6-7-19(11-14-22)17-23(15-16-24)21(25)20-8-4-3-5-9-20/h3-5,8-9,18-19,24H,6-7,10-17H2,1-2H3/t19-/m0/s1. The highest BCUT2D eigenvalue weighted by molar-refractivity contribution is 5.94. The maximum atomic E-state index is 12.7. The van der Waals surface area contributed by atoms with E-state index in [4.69, 9.17) is 0 Å². The molecule has 1 aromatic rings. The van der Waals surface area contributed by atoms with E-state index in [1.54, 1.807) is 0 Å². The summed E-state index contributed by atoms with van der Waals surface area (Å²) in [5, 5.41) is 9.38. The van der Waals surface area contributed by atoms with Crippen molar-refractivity contribution >= 4 is 5.91 Å². The van der Waals surface area contributed by atoms with Gasteiger partial charge in [-0.3, -0.25) is 4.79 Å². The predicted octanol–water partition coefficient (Wildman–Crippen LogP) is 3.27. The van der Waals surface area contributed by atoms with Crippen molar-refractivity contribution in [2.45, 2.75) is 39.5 Å². The van der Waals surface area contributed by atoms with Crippen LogP contribution in [0.2, 0.25) is 0 Å². The van der Waals surface area contributed by atoms with Gasteiger partial charge in [-0.05, 0) is 69.3 Å². The van der Waals surface area contributed by atoms with Crippen molar-refractivity contribution in [3.63, 3.8) is 0 Å². The number of hydrogen-bond acceptors (Lipinski definition) is 3. The zero-order valence-electron chi connectivity index (χ0n) is 15.9. The van der Waals surface area contributed by atoms with Gasteiger partial charge in [-0.2, -0.15) is 0 Å². The van der Waals surface area contributed by atoms with Crippen LogP contribution in [0.25, 0.3) is 0 Å². The van der Waals surface area contributed by atoms with Crippen LogP contribution in [0.15, 0.2) is 30.3 Å². The first kappa shape index (κ1) is 19.9. The zero-order valence-corrected chi connectivity index (χ0v) is 15.9. The van der Waals surface area contributed by atoms with Crippen molar-refractivity contribution in [3.8, 4) is 0 Å². The lowest BCUT2D eigenvalue weighted by atomic mass is 9.99. The van der Waals surface area contributed by atoms with Gasteiger partial charge in [-0.1, -0.05) is 32.0 Å². The summed E-state index contributed by atoms with van der Waals surface area (Å²) >= 11 is 0. The van der Waals surface area contributed by atoms with E-state index < -0.39 is 0 Å². The molecule has 1 amide bonds. The fraction of sp³-hybridized carbons (Fsp3) is 0.667. The summed E-state index contributed by atoms with van der Waals surface area (Å²) in [5.74, 6) is 1.32. The molecule has 0 saturated carbocycles. The van der Waals surface area contributed by atoms with E-state index >= 15 is 0 Å². The van der Waals surface area contributed by atoms with Gasteiger partial charge in [-0.15, -0.1) is 0 Å². The molecule has 1 saturated heterocycles. The Morgan fingerprint density at radius 1 is 1.24 bits per heavy atom. The predicted molar refractivity (Wildman–Crippen MR) is 103 cm³/mol. The quantitative estimate of drug-likeness (QED) is 0.786. The van der Waals surface area contributed by atoms with Crippen LogP contribution < -0.4 is 0 Å². The van der Waals surface area contributed by atoms with Crippen molar-refractivity contribution in [2.24, 2.45) is 11.8 Å². The van der Waals surface area contributed by atoms with Gasteiger partial charge in [0.1, 0.15) is 0 Å². The van der Waals surface area contributed by atoms with Crippen LogP contribution in [0.4, 0.5) is 0 Å². The molecule has 4 nitrogen and oxygen atoms in total. The minimum atomic E-state index is 0.0196. The summed E-state index contributed by atoms with van der Waals surface area (Å²) in [4.78, 5) is 17.2. The number of benzene rings is 1. The maximum absolute atomic E-state index is 12.7. The summed E-state index contributed by atoms with van der Waals surface area (Å²) in [6.45, 7) is 9.25. The Labute approximate surface area is 152 Å². The van der Waals surface area contributed by atoms with Gasteiger partial charge in [0.2, 0.25) is 0 Å². The number of nitrogens with zero attached hydrogens (tertiary/aromatic N) is 2. The molecular formula is C21H34N2O2. The average molecular weight is 347 g/mol. The van der Waals surface area contributed by atoms with Gasteiger partial charge in [0, 0.05) is 18.7 Å². The lowest BCUT2D eigenvalue weighted by molar-refractivity contribution is 0.0684. The molecule has 0 spiro atoms. The number of amides is 1. The molecule has 25 heavy (non-hydrogen) atoms. The molecular weight excluding hydrogens is 312 g/mol. The highest BCUT2D eigenvalue weighted by Gasteiger charge is 2.22. The molecule has 1 fully saturated rings. The third-order valence-electron chi connectivity index (χ3n) is 5.12. The van der Waals surface area contributed by atoms with Crippen LogP contribution in [0.1, 0.15) is 49.9 Å². The lowest BCUT2D eigenvalue weighted by Crippen LogP contribution is -2.37. The van der Waals surface area contributed by atoms with Crippen molar-refractivity contribution in [2.75, 3.05) is 39.3 Å². The average Bonchev–Trinajstić information content (AvgIpc) is 2.85. The van der Waals surface area contributed by atoms with E-state index in [1.165, 1.54) is 32.4 Å². The maximum Gasteiger partial charge on any atom is 0.253 e. The number of aliphatic hydroxyl groups excluding tert-OH is 1. The van der Waals surface area contributed by atoms with Crippen molar-refractivity contribution in [1.82, 2.24) is 9.80 Å². The Kier molecular flexibility index (Phi) is 8.42. The summed E-state index contributed by atoms with van der Waals surface area (Å²) in [5.41, 5.74) is 0.711. The number of hydrogen-bond donors (Lipinski definition) is 1. The molecule has 0 aliphatic carbocycles. The Balaban J connectivity index is 1.90. The first-order valence-corrected chi connectivity index (χ1v) is 9.77. The molecule has 1 aliphatic heterocycles. The third-order valence-corrected chi connectivity index (χ3v) is 5.12. The van der Waals surface area contributed by atoms with E-state index in [-0.39, 0.29) is 12.5 Å². The molecule has 0 radical (unpaired) electrons. The normalized spacial score (nSPS) is 19.0. The van der Waals surface area contributed by atoms with Gasteiger partial charge in [-0.25, -0.2) is 0 Å². The fourth-order valence-electron chi connectivity index (χ4n) is 3.54. The van der Waals surface area contributed by atoms with Crippen LogP contribution in [0.5, 0.6) is 0 Å². The number of carbonyl (C=O) groups excluding carboxylic acids is 1. The van der Waals surface area contributed by atoms with Gasteiger partial charge in [0.25, 0.3) is 5.91 Å². The van der Waals surface area contributed by atoms with Gasteiger partial charge in [0.05, 0.1) is 6.61 Å². The van der Waals surface area contributed by atoms with Gasteiger partial charge < -0.3 is 14.9 Å². The van der Waals surface area contributed by atoms with Crippen LogP contribution in [-0.4, -0.2) is 60.1 Å². The summed E-state index contributed by atoms with van der Waals surface area (Å²) < 4.78 is 0. The summed E-state index contributed by atoms with van der Waals surface area (Å²) in [7, 11) is 0. The van der Waals surface area contributed by atoms with Crippen molar-refractivity contribution in [1.29, 1.82) is 0 Å². The number of aliphatic hydroxyl groups is 1. The third kappa shape index (κ3) is 6.79. The second-order valence-electron chi connectivity index (χ2n) is 7.66. The molecule has 0 aromatic heterocycles. The van der Waals surface area contributed by atoms with E-state index in [0.717, 1.165) is 25.4 Å². The van der Waals surface area contributed by atoms with E-state index in [2.05, 4.69) is 18.7 Å². The molecule has 0 unspecified atom stereocenters. The smallest absolute Gasteiger partial charge is 0.253 e. The van der Waals surface area contributed by atoms with E-state index in [9.17, 15) is 9.90 Å². The molecule has 140 valence electrons. The Hall–Kier alpha value is -1.39. The molecule has 1 atom stereocenters. The monoisotopic (exact) mass is 346 g/mol. The van der Waals surface area contributed by atoms with Crippen LogP contribution in [-0.2, 0) is 0 Å². The summed E-state index contributed by atoms with van der Waals surface area (Å²) in [6, 6.07) is 9.41.